The molecule has 0 saturated heterocycles. The van der Waals surface area contributed by atoms with Gasteiger partial charge in [-0.2, -0.15) is 4.39 Å². The number of hydrogen-bond donors (Lipinski definition) is 0. The van der Waals surface area contributed by atoms with Gasteiger partial charge in [-0.1, -0.05) is 0 Å². The van der Waals surface area contributed by atoms with Crippen molar-refractivity contribution in [1.29, 1.82) is 0 Å². The molecular formula is C7H5ClF3NO2S. The van der Waals surface area contributed by atoms with Crippen molar-refractivity contribution in [3.8, 4) is 0 Å². The number of nitrogens with zero attached hydrogens (tertiary/aromatic N) is 1. The van der Waals surface area contributed by atoms with Crippen molar-refractivity contribution in [3.63, 3.8) is 0 Å². The average Bonchev–Trinajstić information content (AvgIpc) is 1.99. The highest BCUT2D eigenvalue weighted by Gasteiger charge is 2.25. The highest BCUT2D eigenvalue weighted by atomic mass is 35.7. The Kier molecular flexibility index (Phi) is 3.25. The zero-order valence-corrected chi connectivity index (χ0v) is 8.91. The van der Waals surface area contributed by atoms with E-state index < -0.39 is 31.9 Å². The average molecular weight is 260 g/mol. The lowest BCUT2D eigenvalue weighted by Crippen LogP contribution is -2.05. The summed E-state index contributed by atoms with van der Waals surface area (Å²) in [5.41, 5.74) is -1.37. The molecule has 1 aromatic heterocycles. The lowest BCUT2D eigenvalue weighted by molar-refractivity contribution is 0.147. The SMILES string of the molecule is Cc1nc(F)cc(C(F)F)c1S(=O)(=O)Cl. The fraction of sp³-hybridized carbons (Fsp3) is 0.286. The van der Waals surface area contributed by atoms with Crippen LogP contribution in [0.25, 0.3) is 0 Å². The monoisotopic (exact) mass is 259 g/mol. The summed E-state index contributed by atoms with van der Waals surface area (Å²) in [7, 11) is 0.579. The van der Waals surface area contributed by atoms with E-state index >= 15 is 0 Å². The summed E-state index contributed by atoms with van der Waals surface area (Å²) >= 11 is 0. The van der Waals surface area contributed by atoms with Gasteiger partial charge >= 0.3 is 0 Å². The van der Waals surface area contributed by atoms with Crippen LogP contribution in [0.5, 0.6) is 0 Å². The lowest BCUT2D eigenvalue weighted by Gasteiger charge is -2.08. The number of aryl methyl sites for hydroxylation is 1. The second-order valence-electron chi connectivity index (χ2n) is 2.69. The second kappa shape index (κ2) is 3.97. The zero-order chi connectivity index (χ0) is 11.8. The van der Waals surface area contributed by atoms with E-state index in [0.29, 0.717) is 6.07 Å². The van der Waals surface area contributed by atoms with Gasteiger partial charge in [0.2, 0.25) is 5.95 Å². The third-order valence-electron chi connectivity index (χ3n) is 1.62. The van der Waals surface area contributed by atoms with Crippen LogP contribution in [0.2, 0.25) is 0 Å². The first-order chi connectivity index (χ1) is 6.73. The molecule has 0 spiro atoms. The first kappa shape index (κ1) is 12.3. The first-order valence-corrected chi connectivity index (χ1v) is 5.94. The van der Waals surface area contributed by atoms with Crippen LogP contribution in [-0.4, -0.2) is 13.4 Å². The van der Waals surface area contributed by atoms with Gasteiger partial charge in [-0.25, -0.2) is 22.2 Å². The van der Waals surface area contributed by atoms with Gasteiger partial charge in [0.15, 0.2) is 0 Å². The van der Waals surface area contributed by atoms with Crippen LogP contribution < -0.4 is 0 Å². The molecule has 0 aromatic carbocycles. The van der Waals surface area contributed by atoms with E-state index in [1.165, 1.54) is 0 Å². The number of alkyl halides is 2. The summed E-state index contributed by atoms with van der Waals surface area (Å²) in [4.78, 5) is 2.29. The summed E-state index contributed by atoms with van der Waals surface area (Å²) < 4.78 is 59.4. The minimum Gasteiger partial charge on any atom is -0.224 e. The maximum Gasteiger partial charge on any atom is 0.265 e. The Morgan fingerprint density at radius 2 is 2.00 bits per heavy atom. The summed E-state index contributed by atoms with van der Waals surface area (Å²) in [6.45, 7) is 1.09. The maximum absolute atomic E-state index is 12.7. The third-order valence-corrected chi connectivity index (χ3v) is 3.10. The number of pyridine rings is 1. The fourth-order valence-electron chi connectivity index (χ4n) is 1.13. The topological polar surface area (TPSA) is 47.0 Å². The minimum absolute atomic E-state index is 0.354. The predicted molar refractivity (Wildman–Crippen MR) is 46.9 cm³/mol. The van der Waals surface area contributed by atoms with E-state index in [4.69, 9.17) is 10.7 Å². The summed E-state index contributed by atoms with van der Waals surface area (Å²) in [6.07, 6.45) is -3.13. The van der Waals surface area contributed by atoms with Gasteiger partial charge in [0.1, 0.15) is 4.90 Å². The van der Waals surface area contributed by atoms with Crippen LogP contribution in [0, 0.1) is 12.9 Å². The Balaban J connectivity index is 3.62. The van der Waals surface area contributed by atoms with Crippen molar-refractivity contribution in [2.45, 2.75) is 18.2 Å². The van der Waals surface area contributed by atoms with Crippen molar-refractivity contribution < 1.29 is 21.6 Å². The van der Waals surface area contributed by atoms with Gasteiger partial charge in [0, 0.05) is 22.3 Å². The van der Waals surface area contributed by atoms with Gasteiger partial charge < -0.3 is 0 Å². The van der Waals surface area contributed by atoms with Gasteiger partial charge in [0.05, 0.1) is 5.69 Å². The lowest BCUT2D eigenvalue weighted by atomic mass is 10.2. The van der Waals surface area contributed by atoms with Crippen LogP contribution in [0.15, 0.2) is 11.0 Å². The quantitative estimate of drug-likeness (QED) is 0.605. The van der Waals surface area contributed by atoms with Crippen molar-refractivity contribution in [1.82, 2.24) is 4.98 Å². The molecule has 84 valence electrons. The Hall–Kier alpha value is -0.820. The molecule has 8 heteroatoms. The van der Waals surface area contributed by atoms with E-state index in [2.05, 4.69) is 4.98 Å². The molecule has 0 aliphatic heterocycles. The Morgan fingerprint density at radius 1 is 1.47 bits per heavy atom. The highest BCUT2D eigenvalue weighted by Crippen LogP contribution is 2.30. The summed E-state index contributed by atoms with van der Waals surface area (Å²) in [5.74, 6) is -1.17. The third kappa shape index (κ3) is 2.60. The standard InChI is InChI=1S/C7H5ClF3NO2S/c1-3-6(15(8,13)14)4(7(10)11)2-5(9)12-3/h2,7H,1H3. The van der Waals surface area contributed by atoms with E-state index in [9.17, 15) is 21.6 Å². The first-order valence-electron chi connectivity index (χ1n) is 3.63. The zero-order valence-electron chi connectivity index (χ0n) is 7.34. The molecule has 0 radical (unpaired) electrons. The van der Waals surface area contributed by atoms with Gasteiger partial charge in [-0.3, -0.25) is 0 Å². The molecule has 0 saturated carbocycles. The molecule has 0 atom stereocenters. The van der Waals surface area contributed by atoms with E-state index in [1.54, 1.807) is 0 Å². The molecule has 0 unspecified atom stereocenters. The molecular weight excluding hydrogens is 255 g/mol. The number of halogens is 4. The van der Waals surface area contributed by atoms with E-state index in [0.717, 1.165) is 6.92 Å². The second-order valence-corrected chi connectivity index (χ2v) is 5.19. The smallest absolute Gasteiger partial charge is 0.224 e. The number of rotatable bonds is 2. The molecule has 3 nitrogen and oxygen atoms in total. The normalized spacial score (nSPS) is 12.1. The molecule has 0 fully saturated rings. The van der Waals surface area contributed by atoms with Crippen molar-refractivity contribution >= 4 is 19.7 Å². The van der Waals surface area contributed by atoms with Crippen molar-refractivity contribution in [3.05, 3.63) is 23.3 Å². The van der Waals surface area contributed by atoms with Crippen molar-refractivity contribution in [2.24, 2.45) is 0 Å². The minimum atomic E-state index is -4.36. The Morgan fingerprint density at radius 3 is 2.40 bits per heavy atom. The van der Waals surface area contributed by atoms with E-state index in [1.807, 2.05) is 0 Å². The Bertz CT molecular complexity index is 489. The Labute approximate surface area is 88.3 Å². The van der Waals surface area contributed by atoms with Crippen LogP contribution in [-0.2, 0) is 9.05 Å². The van der Waals surface area contributed by atoms with Crippen LogP contribution >= 0.6 is 10.7 Å². The fourth-order valence-corrected chi connectivity index (χ4v) is 2.56. The van der Waals surface area contributed by atoms with Gasteiger partial charge in [0.25, 0.3) is 15.5 Å². The largest absolute Gasteiger partial charge is 0.265 e. The molecule has 0 amide bonds. The molecule has 0 aliphatic carbocycles. The molecule has 0 N–H and O–H groups in total. The highest BCUT2D eigenvalue weighted by molar-refractivity contribution is 8.13. The van der Waals surface area contributed by atoms with Crippen molar-refractivity contribution in [2.75, 3.05) is 0 Å². The molecule has 0 bridgehead atoms. The van der Waals surface area contributed by atoms with E-state index in [-0.39, 0.29) is 5.69 Å². The molecule has 1 heterocycles. The molecule has 1 rings (SSSR count). The predicted octanol–water partition coefficient (Wildman–Crippen LogP) is 2.39. The number of aromatic nitrogens is 1. The number of hydrogen-bond acceptors (Lipinski definition) is 3. The summed E-state index contributed by atoms with van der Waals surface area (Å²) in [6, 6.07) is 0.354. The van der Waals surface area contributed by atoms with Gasteiger partial charge in [-0.05, 0) is 6.92 Å². The summed E-state index contributed by atoms with van der Waals surface area (Å²) in [5, 5.41) is 0. The molecule has 1 aromatic rings. The van der Waals surface area contributed by atoms with Crippen LogP contribution in [0.1, 0.15) is 17.7 Å². The van der Waals surface area contributed by atoms with Crippen LogP contribution in [0.4, 0.5) is 13.2 Å². The van der Waals surface area contributed by atoms with Gasteiger partial charge in [-0.15, -0.1) is 0 Å². The molecule has 15 heavy (non-hydrogen) atoms. The van der Waals surface area contributed by atoms with Crippen LogP contribution in [0.3, 0.4) is 0 Å². The maximum atomic E-state index is 12.7. The molecule has 0 aliphatic rings.